The molecule has 0 amide bonds. The van der Waals surface area contributed by atoms with Crippen LogP contribution in [0.1, 0.15) is 17.0 Å². The van der Waals surface area contributed by atoms with E-state index in [-0.39, 0.29) is 16.3 Å². The van der Waals surface area contributed by atoms with Gasteiger partial charge in [0.05, 0.1) is 27.7 Å². The molecule has 1 aromatic heterocycles. The van der Waals surface area contributed by atoms with E-state index in [1.807, 2.05) is 13.8 Å². The van der Waals surface area contributed by atoms with Crippen LogP contribution in [0.3, 0.4) is 0 Å². The van der Waals surface area contributed by atoms with Crippen molar-refractivity contribution in [3.8, 4) is 0 Å². The SMILES string of the molecule is Cc1ccc(N)c(S(=O)(=O)Cc2cc(C)nn2C)c1. The minimum absolute atomic E-state index is 0.0992. The summed E-state index contributed by atoms with van der Waals surface area (Å²) >= 11 is 0. The summed E-state index contributed by atoms with van der Waals surface area (Å²) in [6.07, 6.45) is 0. The van der Waals surface area contributed by atoms with Gasteiger partial charge in [0.25, 0.3) is 0 Å². The maximum absolute atomic E-state index is 12.4. The number of aromatic nitrogens is 2. The minimum Gasteiger partial charge on any atom is -0.398 e. The van der Waals surface area contributed by atoms with Crippen molar-refractivity contribution in [2.75, 3.05) is 5.73 Å². The smallest absolute Gasteiger partial charge is 0.186 e. The lowest BCUT2D eigenvalue weighted by Crippen LogP contribution is -2.11. The average Bonchev–Trinajstić information content (AvgIpc) is 2.60. The van der Waals surface area contributed by atoms with Gasteiger partial charge in [0.1, 0.15) is 0 Å². The molecule has 0 aliphatic rings. The van der Waals surface area contributed by atoms with Crippen LogP contribution in [0.4, 0.5) is 5.69 Å². The Morgan fingerprint density at radius 1 is 1.26 bits per heavy atom. The van der Waals surface area contributed by atoms with Gasteiger partial charge in [0.2, 0.25) is 0 Å². The Morgan fingerprint density at radius 3 is 2.53 bits per heavy atom. The Kier molecular flexibility index (Phi) is 3.36. The molecular weight excluding hydrogens is 262 g/mol. The molecule has 0 radical (unpaired) electrons. The molecule has 102 valence electrons. The lowest BCUT2D eigenvalue weighted by Gasteiger charge is -2.08. The number of anilines is 1. The van der Waals surface area contributed by atoms with Crippen LogP contribution in [-0.2, 0) is 22.6 Å². The van der Waals surface area contributed by atoms with Crippen molar-refractivity contribution in [1.82, 2.24) is 9.78 Å². The number of aryl methyl sites for hydroxylation is 3. The quantitative estimate of drug-likeness (QED) is 0.865. The first-order chi connectivity index (χ1) is 8.79. The van der Waals surface area contributed by atoms with Crippen molar-refractivity contribution < 1.29 is 8.42 Å². The molecule has 0 spiro atoms. The number of benzene rings is 1. The predicted molar refractivity (Wildman–Crippen MR) is 74.4 cm³/mol. The first-order valence-electron chi connectivity index (χ1n) is 5.88. The molecule has 0 aliphatic heterocycles. The van der Waals surface area contributed by atoms with Gasteiger partial charge in [-0.25, -0.2) is 8.42 Å². The second kappa shape index (κ2) is 4.70. The molecule has 2 rings (SSSR count). The van der Waals surface area contributed by atoms with Gasteiger partial charge in [-0.05, 0) is 37.6 Å². The first kappa shape index (κ1) is 13.6. The summed E-state index contributed by atoms with van der Waals surface area (Å²) in [6.45, 7) is 3.67. The molecule has 1 heterocycles. The molecule has 0 aliphatic carbocycles. The standard InChI is InChI=1S/C13H17N3O2S/c1-9-4-5-12(14)13(6-9)19(17,18)8-11-7-10(2)15-16(11)3/h4-7H,8,14H2,1-3H3. The van der Waals surface area contributed by atoms with Gasteiger partial charge in [0.15, 0.2) is 9.84 Å². The van der Waals surface area contributed by atoms with E-state index >= 15 is 0 Å². The van der Waals surface area contributed by atoms with Crippen molar-refractivity contribution in [2.24, 2.45) is 7.05 Å². The molecule has 0 bridgehead atoms. The highest BCUT2D eigenvalue weighted by Gasteiger charge is 2.20. The van der Waals surface area contributed by atoms with E-state index in [1.54, 1.807) is 36.0 Å². The Labute approximate surface area is 113 Å². The zero-order valence-electron chi connectivity index (χ0n) is 11.2. The van der Waals surface area contributed by atoms with Crippen LogP contribution < -0.4 is 5.73 Å². The second-order valence-corrected chi connectivity index (χ2v) is 6.66. The van der Waals surface area contributed by atoms with Crippen LogP contribution >= 0.6 is 0 Å². The van der Waals surface area contributed by atoms with Gasteiger partial charge >= 0.3 is 0 Å². The summed E-state index contributed by atoms with van der Waals surface area (Å²) in [4.78, 5) is 0.186. The van der Waals surface area contributed by atoms with E-state index in [2.05, 4.69) is 5.10 Å². The maximum atomic E-state index is 12.4. The number of hydrogen-bond acceptors (Lipinski definition) is 4. The minimum atomic E-state index is -3.46. The second-order valence-electron chi connectivity index (χ2n) is 4.70. The van der Waals surface area contributed by atoms with Crippen molar-refractivity contribution in [2.45, 2.75) is 24.5 Å². The molecule has 1 aromatic carbocycles. The van der Waals surface area contributed by atoms with E-state index in [4.69, 9.17) is 5.73 Å². The van der Waals surface area contributed by atoms with Gasteiger partial charge in [0, 0.05) is 7.05 Å². The van der Waals surface area contributed by atoms with E-state index in [1.165, 1.54) is 0 Å². The first-order valence-corrected chi connectivity index (χ1v) is 7.53. The van der Waals surface area contributed by atoms with Gasteiger partial charge in [-0.2, -0.15) is 5.10 Å². The number of hydrogen-bond donors (Lipinski definition) is 1. The van der Waals surface area contributed by atoms with E-state index in [0.717, 1.165) is 11.3 Å². The summed E-state index contributed by atoms with van der Waals surface area (Å²) in [6, 6.07) is 6.79. The summed E-state index contributed by atoms with van der Waals surface area (Å²) < 4.78 is 26.4. The number of rotatable bonds is 3. The molecular formula is C13H17N3O2S. The van der Waals surface area contributed by atoms with Gasteiger partial charge < -0.3 is 5.73 Å². The molecule has 0 unspecified atom stereocenters. The van der Waals surface area contributed by atoms with Crippen molar-refractivity contribution in [1.29, 1.82) is 0 Å². The number of nitrogens with zero attached hydrogens (tertiary/aromatic N) is 2. The Bertz CT molecular complexity index is 717. The van der Waals surface area contributed by atoms with Gasteiger partial charge in [-0.15, -0.1) is 0 Å². The zero-order chi connectivity index (χ0) is 14.2. The highest BCUT2D eigenvalue weighted by molar-refractivity contribution is 7.90. The van der Waals surface area contributed by atoms with Crippen molar-refractivity contribution >= 4 is 15.5 Å². The van der Waals surface area contributed by atoms with Gasteiger partial charge in [-0.1, -0.05) is 6.07 Å². The van der Waals surface area contributed by atoms with Crippen LogP contribution in [0, 0.1) is 13.8 Å². The molecule has 19 heavy (non-hydrogen) atoms. The third kappa shape index (κ3) is 2.78. The monoisotopic (exact) mass is 279 g/mol. The fourth-order valence-corrected chi connectivity index (χ4v) is 3.59. The summed E-state index contributed by atoms with van der Waals surface area (Å²) in [5, 5.41) is 4.15. The van der Waals surface area contributed by atoms with E-state index < -0.39 is 9.84 Å². The van der Waals surface area contributed by atoms with Crippen molar-refractivity contribution in [3.63, 3.8) is 0 Å². The fraction of sp³-hybridized carbons (Fsp3) is 0.308. The lowest BCUT2D eigenvalue weighted by atomic mass is 10.2. The fourth-order valence-electron chi connectivity index (χ4n) is 1.98. The third-order valence-electron chi connectivity index (χ3n) is 2.94. The van der Waals surface area contributed by atoms with Crippen LogP contribution in [0.5, 0.6) is 0 Å². The molecule has 0 saturated heterocycles. The van der Waals surface area contributed by atoms with Crippen molar-refractivity contribution in [3.05, 3.63) is 41.2 Å². The number of nitrogen functional groups attached to an aromatic ring is 1. The van der Waals surface area contributed by atoms with Crippen LogP contribution in [0.2, 0.25) is 0 Å². The normalized spacial score (nSPS) is 11.7. The summed E-state index contributed by atoms with van der Waals surface area (Å²) in [5.41, 5.74) is 8.37. The van der Waals surface area contributed by atoms with Crippen LogP contribution in [0.25, 0.3) is 0 Å². The third-order valence-corrected chi connectivity index (χ3v) is 4.64. The molecule has 0 saturated carbocycles. The van der Waals surface area contributed by atoms with Crippen LogP contribution in [-0.4, -0.2) is 18.2 Å². The largest absolute Gasteiger partial charge is 0.398 e. The van der Waals surface area contributed by atoms with E-state index in [0.29, 0.717) is 5.69 Å². The highest BCUT2D eigenvalue weighted by Crippen LogP contribution is 2.23. The Balaban J connectivity index is 2.43. The average molecular weight is 279 g/mol. The predicted octanol–water partition coefficient (Wildman–Crippen LogP) is 1.59. The van der Waals surface area contributed by atoms with E-state index in [9.17, 15) is 8.42 Å². The summed E-state index contributed by atoms with van der Waals surface area (Å²) in [5.74, 6) is -0.0992. The number of nitrogens with two attached hydrogens (primary N) is 1. The van der Waals surface area contributed by atoms with Gasteiger partial charge in [-0.3, -0.25) is 4.68 Å². The molecule has 2 N–H and O–H groups in total. The molecule has 5 nitrogen and oxygen atoms in total. The highest BCUT2D eigenvalue weighted by atomic mass is 32.2. The molecule has 6 heteroatoms. The lowest BCUT2D eigenvalue weighted by molar-refractivity contribution is 0.592. The summed E-state index contributed by atoms with van der Waals surface area (Å²) in [7, 11) is -1.73. The Hall–Kier alpha value is -1.82. The maximum Gasteiger partial charge on any atom is 0.186 e. The molecule has 0 fully saturated rings. The van der Waals surface area contributed by atoms with Crippen LogP contribution in [0.15, 0.2) is 29.2 Å². The molecule has 2 aromatic rings. The zero-order valence-corrected chi connectivity index (χ0v) is 12.0. The topological polar surface area (TPSA) is 78.0 Å². The molecule has 0 atom stereocenters. The number of sulfone groups is 1. The Morgan fingerprint density at radius 2 is 1.95 bits per heavy atom.